The number of aryl methyl sites for hydroxylation is 1. The summed E-state index contributed by atoms with van der Waals surface area (Å²) in [5.74, 6) is -0.451. The Morgan fingerprint density at radius 2 is 2.13 bits per heavy atom. The number of halogens is 1. The molecule has 4 aromatic rings. The van der Waals surface area contributed by atoms with Gasteiger partial charge in [0, 0.05) is 29.7 Å². The van der Waals surface area contributed by atoms with Gasteiger partial charge in [-0.3, -0.25) is 0 Å². The number of nitrogens with one attached hydrogen (secondary N) is 1. The minimum Gasteiger partial charge on any atom is -0.478 e. The largest absolute Gasteiger partial charge is 0.478 e. The lowest BCUT2D eigenvalue weighted by molar-refractivity contribution is -0.152. The number of carboxylic acid groups (broad SMARTS) is 1. The zero-order valence-corrected chi connectivity index (χ0v) is 17.4. The minimum absolute atomic E-state index is 0.469. The molecule has 0 saturated carbocycles. The van der Waals surface area contributed by atoms with Crippen LogP contribution in [-0.2, 0) is 11.3 Å². The maximum absolute atomic E-state index is 11.4. The first-order chi connectivity index (χ1) is 14.3. The van der Waals surface area contributed by atoms with E-state index >= 15 is 0 Å². The molecular formula is C22H22ClN3O4. The molecule has 0 amide bonds. The molecule has 2 N–H and O–H groups in total. The van der Waals surface area contributed by atoms with E-state index in [0.29, 0.717) is 28.9 Å². The number of hydrogen-bond donors (Lipinski definition) is 2. The standard InChI is InChI=1S/C22H22ClN3O4/c1-22(2,20(27)28)30-18-6-3-5-17-15(18)9-12-26(17)11-4-10-24-21-25-16-13-14(23)7-8-19(16)29-21/h3,5-9,12-13H,4,10-11H2,1-2H3,(H,24,25)(H,27,28). The zero-order valence-electron chi connectivity index (χ0n) is 16.7. The second kappa shape index (κ2) is 7.91. The summed E-state index contributed by atoms with van der Waals surface area (Å²) in [6.45, 7) is 4.53. The molecule has 0 fully saturated rings. The average Bonchev–Trinajstić information content (AvgIpc) is 3.29. The van der Waals surface area contributed by atoms with Crippen LogP contribution in [0.5, 0.6) is 5.75 Å². The molecule has 4 rings (SSSR count). The van der Waals surface area contributed by atoms with Gasteiger partial charge >= 0.3 is 5.97 Å². The van der Waals surface area contributed by atoms with Gasteiger partial charge in [0.25, 0.3) is 6.01 Å². The topological polar surface area (TPSA) is 89.5 Å². The van der Waals surface area contributed by atoms with Crippen molar-refractivity contribution in [1.82, 2.24) is 9.55 Å². The van der Waals surface area contributed by atoms with Gasteiger partial charge in [-0.1, -0.05) is 17.7 Å². The molecular weight excluding hydrogens is 406 g/mol. The molecule has 156 valence electrons. The lowest BCUT2D eigenvalue weighted by Crippen LogP contribution is -2.37. The normalized spacial score (nSPS) is 11.8. The summed E-state index contributed by atoms with van der Waals surface area (Å²) in [7, 11) is 0. The molecule has 0 bridgehead atoms. The van der Waals surface area contributed by atoms with Crippen LogP contribution in [0.3, 0.4) is 0 Å². The number of anilines is 1. The van der Waals surface area contributed by atoms with Gasteiger partial charge in [0.05, 0.1) is 5.52 Å². The average molecular weight is 428 g/mol. The lowest BCUT2D eigenvalue weighted by Gasteiger charge is -2.22. The van der Waals surface area contributed by atoms with Crippen LogP contribution < -0.4 is 10.1 Å². The molecule has 2 aromatic heterocycles. The fraction of sp³-hybridized carbons (Fsp3) is 0.273. The Morgan fingerprint density at radius 3 is 2.93 bits per heavy atom. The second-order valence-corrected chi connectivity index (χ2v) is 7.96. The van der Waals surface area contributed by atoms with E-state index in [2.05, 4.69) is 14.9 Å². The van der Waals surface area contributed by atoms with Gasteiger partial charge in [-0.25, -0.2) is 4.79 Å². The van der Waals surface area contributed by atoms with Gasteiger partial charge in [0.2, 0.25) is 0 Å². The third kappa shape index (κ3) is 4.07. The molecule has 0 unspecified atom stereocenters. The molecule has 7 nitrogen and oxygen atoms in total. The fourth-order valence-corrected chi connectivity index (χ4v) is 3.39. The summed E-state index contributed by atoms with van der Waals surface area (Å²) < 4.78 is 13.5. The SMILES string of the molecule is CC(C)(Oc1cccc2c1ccn2CCCNc1nc2cc(Cl)ccc2o1)C(=O)O. The van der Waals surface area contributed by atoms with E-state index in [4.69, 9.17) is 20.8 Å². The number of aromatic nitrogens is 2. The second-order valence-electron chi connectivity index (χ2n) is 7.53. The van der Waals surface area contributed by atoms with Crippen molar-refractivity contribution in [1.29, 1.82) is 0 Å². The number of ether oxygens (including phenoxy) is 1. The third-order valence-electron chi connectivity index (χ3n) is 4.86. The van der Waals surface area contributed by atoms with Crippen molar-refractivity contribution in [3.63, 3.8) is 0 Å². The predicted molar refractivity (Wildman–Crippen MR) is 116 cm³/mol. The molecule has 0 aliphatic rings. The highest BCUT2D eigenvalue weighted by Gasteiger charge is 2.30. The number of carbonyl (C=O) groups is 1. The summed E-state index contributed by atoms with van der Waals surface area (Å²) in [5, 5.41) is 14.0. The van der Waals surface area contributed by atoms with Gasteiger partial charge in [0.1, 0.15) is 11.3 Å². The molecule has 0 atom stereocenters. The van der Waals surface area contributed by atoms with E-state index in [-0.39, 0.29) is 0 Å². The summed E-state index contributed by atoms with van der Waals surface area (Å²) in [6, 6.07) is 13.4. The Hall–Kier alpha value is -3.19. The number of aliphatic carboxylic acids is 1. The molecule has 0 aliphatic carbocycles. The highest BCUT2D eigenvalue weighted by Crippen LogP contribution is 2.30. The highest BCUT2D eigenvalue weighted by atomic mass is 35.5. The van der Waals surface area contributed by atoms with Gasteiger partial charge in [-0.2, -0.15) is 4.98 Å². The molecule has 0 aliphatic heterocycles. The molecule has 8 heteroatoms. The van der Waals surface area contributed by atoms with E-state index in [0.717, 1.165) is 29.4 Å². The third-order valence-corrected chi connectivity index (χ3v) is 5.09. The first-order valence-corrected chi connectivity index (χ1v) is 10.0. The molecule has 0 saturated heterocycles. The van der Waals surface area contributed by atoms with E-state index < -0.39 is 11.6 Å². The predicted octanol–water partition coefficient (Wildman–Crippen LogP) is 5.18. The van der Waals surface area contributed by atoms with Crippen molar-refractivity contribution in [2.75, 3.05) is 11.9 Å². The first kappa shape index (κ1) is 20.1. The Bertz CT molecular complexity index is 1210. The maximum Gasteiger partial charge on any atom is 0.347 e. The number of oxazole rings is 1. The Balaban J connectivity index is 1.40. The molecule has 0 radical (unpaired) electrons. The van der Waals surface area contributed by atoms with Crippen molar-refractivity contribution in [2.45, 2.75) is 32.4 Å². The summed E-state index contributed by atoms with van der Waals surface area (Å²) in [6.07, 6.45) is 2.82. The molecule has 0 spiro atoms. The van der Waals surface area contributed by atoms with E-state index in [1.165, 1.54) is 13.8 Å². The number of fused-ring (bicyclic) bond motifs is 2. The number of nitrogens with zero attached hydrogens (tertiary/aromatic N) is 2. The van der Waals surface area contributed by atoms with Crippen molar-refractivity contribution in [2.24, 2.45) is 0 Å². The van der Waals surface area contributed by atoms with Crippen LogP contribution in [-0.4, -0.2) is 32.8 Å². The number of benzene rings is 2. The Kier molecular flexibility index (Phi) is 5.30. The van der Waals surface area contributed by atoms with E-state index in [9.17, 15) is 9.90 Å². The Labute approximate surface area is 178 Å². The van der Waals surface area contributed by atoms with Crippen LogP contribution in [0, 0.1) is 0 Å². The van der Waals surface area contributed by atoms with Gasteiger partial charge in [0.15, 0.2) is 11.2 Å². The van der Waals surface area contributed by atoms with Gasteiger partial charge < -0.3 is 24.1 Å². The van der Waals surface area contributed by atoms with Crippen molar-refractivity contribution < 1.29 is 19.1 Å². The van der Waals surface area contributed by atoms with Crippen LogP contribution in [0.15, 0.2) is 53.1 Å². The summed E-state index contributed by atoms with van der Waals surface area (Å²) in [4.78, 5) is 15.8. The highest BCUT2D eigenvalue weighted by molar-refractivity contribution is 6.31. The quantitative estimate of drug-likeness (QED) is 0.376. The molecule has 30 heavy (non-hydrogen) atoms. The maximum atomic E-state index is 11.4. The minimum atomic E-state index is -1.30. The molecule has 2 heterocycles. The van der Waals surface area contributed by atoms with Crippen LogP contribution >= 0.6 is 11.6 Å². The number of carboxylic acids is 1. The van der Waals surface area contributed by atoms with Gasteiger partial charge in [-0.05, 0) is 56.7 Å². The van der Waals surface area contributed by atoms with Crippen LogP contribution in [0.1, 0.15) is 20.3 Å². The zero-order chi connectivity index (χ0) is 21.3. The van der Waals surface area contributed by atoms with Crippen LogP contribution in [0.2, 0.25) is 5.02 Å². The van der Waals surface area contributed by atoms with Crippen molar-refractivity contribution in [3.05, 3.63) is 53.7 Å². The van der Waals surface area contributed by atoms with E-state index in [1.807, 2.05) is 24.4 Å². The lowest BCUT2D eigenvalue weighted by atomic mass is 10.1. The molecule has 2 aromatic carbocycles. The van der Waals surface area contributed by atoms with Crippen molar-refractivity contribution in [3.8, 4) is 5.75 Å². The number of hydrogen-bond acceptors (Lipinski definition) is 5. The van der Waals surface area contributed by atoms with Crippen LogP contribution in [0.4, 0.5) is 6.01 Å². The number of rotatable bonds is 8. The summed E-state index contributed by atoms with van der Waals surface area (Å²) in [5.41, 5.74) is 1.10. The Morgan fingerprint density at radius 1 is 1.30 bits per heavy atom. The fourth-order valence-electron chi connectivity index (χ4n) is 3.22. The smallest absolute Gasteiger partial charge is 0.347 e. The van der Waals surface area contributed by atoms with Gasteiger partial charge in [-0.15, -0.1) is 0 Å². The first-order valence-electron chi connectivity index (χ1n) is 9.64. The van der Waals surface area contributed by atoms with Crippen LogP contribution in [0.25, 0.3) is 22.0 Å². The van der Waals surface area contributed by atoms with E-state index in [1.54, 1.807) is 24.3 Å². The monoisotopic (exact) mass is 427 g/mol. The summed E-state index contributed by atoms with van der Waals surface area (Å²) >= 11 is 5.98. The van der Waals surface area contributed by atoms with Crippen molar-refractivity contribution >= 4 is 45.6 Å².